The molecule has 3 N–H and O–H groups in total. The minimum Gasteiger partial charge on any atom is -0.378 e. The van der Waals surface area contributed by atoms with Crippen molar-refractivity contribution in [2.45, 2.75) is 76.3 Å². The predicted molar refractivity (Wildman–Crippen MR) is 228 cm³/mol. The van der Waals surface area contributed by atoms with Crippen molar-refractivity contribution in [3.8, 4) is 11.1 Å². The molecule has 0 fully saturated rings. The number of anilines is 1. The Hall–Kier alpha value is -5.18. The second kappa shape index (κ2) is 13.3. The number of rotatable bonds is 8. The molecular weight excluding hydrogens is 653 g/mol. The van der Waals surface area contributed by atoms with E-state index in [1.807, 2.05) is 0 Å². The van der Waals surface area contributed by atoms with Crippen LogP contribution in [0.2, 0.25) is 0 Å². The van der Waals surface area contributed by atoms with Gasteiger partial charge in [0.25, 0.3) is 0 Å². The summed E-state index contributed by atoms with van der Waals surface area (Å²) in [6.07, 6.45) is 22.8. The maximum atomic E-state index is 7.19. The van der Waals surface area contributed by atoms with E-state index in [4.69, 9.17) is 5.73 Å². The summed E-state index contributed by atoms with van der Waals surface area (Å²) in [5, 5.41) is 3.96. The molecule has 4 atom stereocenters. The predicted octanol–water partition coefficient (Wildman–Crippen LogP) is 12.3. The van der Waals surface area contributed by atoms with Crippen molar-refractivity contribution >= 4 is 11.3 Å². The molecule has 0 saturated carbocycles. The normalized spacial score (nSPS) is 23.2. The SMILES string of the molecule is C=C(Cc1ccc(NC2C=C3C(=CC2C2=CCCC=C2)C(C)(C)c2ccccc23)cc1)C1=CC=CCC1C(N)c1ccc2c(c1)C(C)(C)c1ccccc1-2. The number of fused-ring (bicyclic) bond motifs is 6. The highest BCUT2D eigenvalue weighted by atomic mass is 14.9. The molecule has 5 aliphatic carbocycles. The molecule has 0 amide bonds. The Labute approximate surface area is 322 Å². The first-order valence-electron chi connectivity index (χ1n) is 19.9. The molecule has 4 unspecified atom stereocenters. The van der Waals surface area contributed by atoms with Gasteiger partial charge in [-0.1, -0.05) is 162 Å². The third-order valence-corrected chi connectivity index (χ3v) is 13.1. The quantitative estimate of drug-likeness (QED) is 0.192. The van der Waals surface area contributed by atoms with E-state index in [0.29, 0.717) is 0 Å². The van der Waals surface area contributed by atoms with Gasteiger partial charge in [0, 0.05) is 34.4 Å². The molecule has 4 aromatic carbocycles. The molecule has 9 rings (SSSR count). The van der Waals surface area contributed by atoms with Gasteiger partial charge >= 0.3 is 0 Å². The van der Waals surface area contributed by atoms with Gasteiger partial charge in [-0.25, -0.2) is 0 Å². The van der Waals surface area contributed by atoms with Gasteiger partial charge < -0.3 is 11.1 Å². The molecular formula is C52H52N2. The fourth-order valence-electron chi connectivity index (χ4n) is 10.0. The number of nitrogens with two attached hydrogens (primary N) is 1. The fourth-order valence-corrected chi connectivity index (χ4v) is 10.0. The number of hydrogen-bond acceptors (Lipinski definition) is 2. The Balaban J connectivity index is 0.927. The maximum Gasteiger partial charge on any atom is 0.0556 e. The molecule has 2 nitrogen and oxygen atoms in total. The lowest BCUT2D eigenvalue weighted by atomic mass is 9.75. The van der Waals surface area contributed by atoms with Crippen LogP contribution in [0.15, 0.2) is 168 Å². The van der Waals surface area contributed by atoms with Gasteiger partial charge in [0.1, 0.15) is 0 Å². The molecule has 0 spiro atoms. The summed E-state index contributed by atoms with van der Waals surface area (Å²) < 4.78 is 0. The first-order valence-corrected chi connectivity index (χ1v) is 19.9. The highest BCUT2D eigenvalue weighted by Gasteiger charge is 2.42. The number of allylic oxidation sites excluding steroid dienone is 9. The molecule has 2 heteroatoms. The Morgan fingerprint density at radius 1 is 0.796 bits per heavy atom. The van der Waals surface area contributed by atoms with Crippen molar-refractivity contribution in [3.63, 3.8) is 0 Å². The molecule has 0 aliphatic heterocycles. The van der Waals surface area contributed by atoms with Crippen LogP contribution in [0.5, 0.6) is 0 Å². The van der Waals surface area contributed by atoms with Crippen LogP contribution in [0.3, 0.4) is 0 Å². The van der Waals surface area contributed by atoms with Crippen molar-refractivity contribution < 1.29 is 0 Å². The van der Waals surface area contributed by atoms with E-state index in [1.165, 1.54) is 66.8 Å². The van der Waals surface area contributed by atoms with E-state index < -0.39 is 0 Å². The van der Waals surface area contributed by atoms with Gasteiger partial charge in [0.2, 0.25) is 0 Å². The second-order valence-electron chi connectivity index (χ2n) is 17.1. The summed E-state index contributed by atoms with van der Waals surface area (Å²) in [7, 11) is 0. The fraction of sp³-hybridized carbons (Fsp3) is 0.269. The van der Waals surface area contributed by atoms with E-state index in [-0.39, 0.29) is 34.7 Å². The highest BCUT2D eigenvalue weighted by molar-refractivity contribution is 5.91. The summed E-state index contributed by atoms with van der Waals surface area (Å²) in [4.78, 5) is 0. The lowest BCUT2D eigenvalue weighted by molar-refractivity contribution is 0.498. The van der Waals surface area contributed by atoms with E-state index in [2.05, 4.69) is 179 Å². The van der Waals surface area contributed by atoms with E-state index in [9.17, 15) is 0 Å². The molecule has 0 radical (unpaired) electrons. The van der Waals surface area contributed by atoms with Crippen molar-refractivity contribution in [1.82, 2.24) is 0 Å². The molecule has 0 aromatic heterocycles. The molecule has 0 saturated heterocycles. The monoisotopic (exact) mass is 704 g/mol. The molecule has 5 aliphatic rings. The number of nitrogens with one attached hydrogen (secondary N) is 1. The van der Waals surface area contributed by atoms with Crippen molar-refractivity contribution in [2.75, 3.05) is 5.32 Å². The van der Waals surface area contributed by atoms with Crippen LogP contribution in [-0.4, -0.2) is 6.04 Å². The van der Waals surface area contributed by atoms with Gasteiger partial charge in [-0.2, -0.15) is 0 Å². The average molecular weight is 705 g/mol. The molecule has 4 aromatic rings. The van der Waals surface area contributed by atoms with Gasteiger partial charge in [-0.15, -0.1) is 0 Å². The maximum absolute atomic E-state index is 7.19. The zero-order valence-electron chi connectivity index (χ0n) is 32.2. The van der Waals surface area contributed by atoms with Gasteiger partial charge in [0.05, 0.1) is 6.04 Å². The standard InChI is InChI=1S/C52H52N2/c1-33(38-17-9-10-20-42(38)50(53)36-25-28-41-39-18-11-13-21-45(39)51(2,3)47(41)30-36)29-34-23-26-37(27-24-34)54-49-32-44-40-19-12-14-22-46(40)52(4,5)48(44)31-43(49)35-15-7-6-8-16-35/h7,9-19,21-28,30-32,42-43,49-50,54H,1,6,8,20,29,53H2,2-5H3. The van der Waals surface area contributed by atoms with Crippen molar-refractivity contribution in [3.05, 3.63) is 202 Å². The van der Waals surface area contributed by atoms with Crippen LogP contribution < -0.4 is 11.1 Å². The van der Waals surface area contributed by atoms with Crippen LogP contribution in [0.25, 0.3) is 16.7 Å². The Morgan fingerprint density at radius 3 is 2.28 bits per heavy atom. The Morgan fingerprint density at radius 2 is 1.52 bits per heavy atom. The minimum absolute atomic E-state index is 0.00818. The summed E-state index contributed by atoms with van der Waals surface area (Å²) in [5.74, 6) is 0.448. The Kier molecular flexibility index (Phi) is 8.51. The molecule has 270 valence electrons. The van der Waals surface area contributed by atoms with Crippen LogP contribution in [0.4, 0.5) is 5.69 Å². The van der Waals surface area contributed by atoms with E-state index >= 15 is 0 Å². The third kappa shape index (κ3) is 5.74. The number of hydrogen-bond donors (Lipinski definition) is 2. The van der Waals surface area contributed by atoms with E-state index in [1.54, 1.807) is 0 Å². The van der Waals surface area contributed by atoms with Crippen molar-refractivity contribution in [2.24, 2.45) is 17.6 Å². The molecule has 0 heterocycles. The van der Waals surface area contributed by atoms with Crippen LogP contribution in [-0.2, 0) is 17.3 Å². The molecule has 54 heavy (non-hydrogen) atoms. The third-order valence-electron chi connectivity index (χ3n) is 13.1. The topological polar surface area (TPSA) is 38.0 Å². The van der Waals surface area contributed by atoms with E-state index in [0.717, 1.165) is 36.9 Å². The van der Waals surface area contributed by atoms with Crippen molar-refractivity contribution in [1.29, 1.82) is 0 Å². The zero-order valence-corrected chi connectivity index (χ0v) is 32.2. The van der Waals surface area contributed by atoms with Gasteiger partial charge in [-0.3, -0.25) is 0 Å². The largest absolute Gasteiger partial charge is 0.378 e. The molecule has 0 bridgehead atoms. The summed E-state index contributed by atoms with van der Waals surface area (Å²) in [6, 6.07) is 33.8. The van der Waals surface area contributed by atoms with Gasteiger partial charge in [0.15, 0.2) is 0 Å². The summed E-state index contributed by atoms with van der Waals surface area (Å²) in [6.45, 7) is 14.1. The first kappa shape index (κ1) is 34.6. The van der Waals surface area contributed by atoms with Crippen LogP contribution in [0, 0.1) is 11.8 Å². The lowest BCUT2D eigenvalue weighted by Crippen LogP contribution is -2.31. The van der Waals surface area contributed by atoms with Crippen LogP contribution >= 0.6 is 0 Å². The minimum atomic E-state index is -0.118. The smallest absolute Gasteiger partial charge is 0.0556 e. The second-order valence-corrected chi connectivity index (χ2v) is 17.1. The van der Waals surface area contributed by atoms with Crippen LogP contribution in [0.1, 0.15) is 86.4 Å². The Bertz CT molecular complexity index is 2350. The summed E-state index contributed by atoms with van der Waals surface area (Å²) >= 11 is 0. The summed E-state index contributed by atoms with van der Waals surface area (Å²) in [5.41, 5.74) is 25.6. The zero-order chi connectivity index (χ0) is 37.2. The van der Waals surface area contributed by atoms with Gasteiger partial charge in [-0.05, 0) is 110 Å². The lowest BCUT2D eigenvalue weighted by Gasteiger charge is -2.34. The number of benzene rings is 4. The first-order chi connectivity index (χ1) is 26.1. The average Bonchev–Trinajstić information content (AvgIpc) is 3.57. The highest BCUT2D eigenvalue weighted by Crippen LogP contribution is 2.53.